The molecule has 2 N–H and O–H groups in total. The van der Waals surface area contributed by atoms with Gasteiger partial charge in [0.1, 0.15) is 0 Å². The third-order valence-corrected chi connectivity index (χ3v) is 3.36. The monoisotopic (exact) mass is 212 g/mol. The van der Waals surface area contributed by atoms with E-state index in [1.165, 1.54) is 29.1 Å². The van der Waals surface area contributed by atoms with Crippen LogP contribution in [0, 0.1) is 0 Å². The lowest BCUT2D eigenvalue weighted by Gasteiger charge is -2.06. The van der Waals surface area contributed by atoms with Crippen LogP contribution in [0.3, 0.4) is 0 Å². The Morgan fingerprint density at radius 2 is 2.29 bits per heavy atom. The van der Waals surface area contributed by atoms with Crippen molar-refractivity contribution in [3.8, 4) is 0 Å². The lowest BCUT2D eigenvalue weighted by Crippen LogP contribution is -2.15. The van der Waals surface area contributed by atoms with Crippen molar-refractivity contribution >= 4 is 11.3 Å². The van der Waals surface area contributed by atoms with Crippen molar-refractivity contribution in [3.63, 3.8) is 0 Å². The first-order valence-electron chi connectivity index (χ1n) is 5.12. The van der Waals surface area contributed by atoms with E-state index in [-0.39, 0.29) is 4.87 Å². The average Bonchev–Trinajstić information content (AvgIpc) is 2.86. The molecule has 0 radical (unpaired) electrons. The molecule has 1 saturated carbocycles. The van der Waals surface area contributed by atoms with Crippen molar-refractivity contribution in [2.24, 2.45) is 0 Å². The molecule has 0 saturated heterocycles. The molecule has 1 aliphatic rings. The number of hydrogen-bond donors (Lipinski definition) is 2. The van der Waals surface area contributed by atoms with Crippen LogP contribution < -0.4 is 10.2 Å². The van der Waals surface area contributed by atoms with Crippen LogP contribution in [0.15, 0.2) is 4.79 Å². The lowest BCUT2D eigenvalue weighted by molar-refractivity contribution is 0.680. The molecule has 1 aliphatic carbocycles. The third kappa shape index (κ3) is 2.25. The highest BCUT2D eigenvalue weighted by Gasteiger charge is 2.21. The molecular formula is C10H16N2OS. The van der Waals surface area contributed by atoms with E-state index in [9.17, 15) is 4.79 Å². The highest BCUT2D eigenvalue weighted by atomic mass is 32.1. The van der Waals surface area contributed by atoms with Gasteiger partial charge >= 0.3 is 4.87 Å². The van der Waals surface area contributed by atoms with Crippen molar-refractivity contribution in [3.05, 3.63) is 20.2 Å². The summed E-state index contributed by atoms with van der Waals surface area (Å²) in [5.74, 6) is 0.407. The number of nitrogens with one attached hydrogen (secondary N) is 2. The van der Waals surface area contributed by atoms with Crippen LogP contribution in [-0.4, -0.2) is 11.0 Å². The maximum Gasteiger partial charge on any atom is 0.304 e. The van der Waals surface area contributed by atoms with Gasteiger partial charge in [0.15, 0.2) is 0 Å². The Morgan fingerprint density at radius 3 is 2.86 bits per heavy atom. The molecule has 78 valence electrons. The molecule has 0 amide bonds. The van der Waals surface area contributed by atoms with Gasteiger partial charge in [0.05, 0.1) is 0 Å². The minimum atomic E-state index is 0.0706. The highest BCUT2D eigenvalue weighted by Crippen LogP contribution is 2.22. The van der Waals surface area contributed by atoms with Gasteiger partial charge in [0.2, 0.25) is 0 Å². The third-order valence-electron chi connectivity index (χ3n) is 2.46. The smallest absolute Gasteiger partial charge is 0.304 e. The van der Waals surface area contributed by atoms with E-state index < -0.39 is 0 Å². The number of rotatable bonds is 4. The van der Waals surface area contributed by atoms with Crippen LogP contribution in [0.4, 0.5) is 0 Å². The Bertz CT molecular complexity index is 362. The quantitative estimate of drug-likeness (QED) is 0.799. The summed E-state index contributed by atoms with van der Waals surface area (Å²) in [6, 6.07) is 0.701. The molecule has 4 heteroatoms. The zero-order valence-corrected chi connectivity index (χ0v) is 9.41. The summed E-state index contributed by atoms with van der Waals surface area (Å²) in [4.78, 5) is 15.4. The SMILES string of the molecule is CC(C)c1[nH]c(=O)sc1CNC1CC1. The van der Waals surface area contributed by atoms with Crippen molar-refractivity contribution in [2.75, 3.05) is 0 Å². The molecule has 1 aromatic heterocycles. The van der Waals surface area contributed by atoms with E-state index in [1.54, 1.807) is 0 Å². The Balaban J connectivity index is 2.09. The molecule has 14 heavy (non-hydrogen) atoms. The van der Waals surface area contributed by atoms with Crippen LogP contribution in [0.2, 0.25) is 0 Å². The van der Waals surface area contributed by atoms with Gasteiger partial charge in [-0.2, -0.15) is 0 Å². The van der Waals surface area contributed by atoms with E-state index in [2.05, 4.69) is 24.1 Å². The van der Waals surface area contributed by atoms with Gasteiger partial charge in [0, 0.05) is 23.2 Å². The summed E-state index contributed by atoms with van der Waals surface area (Å²) >= 11 is 1.34. The van der Waals surface area contributed by atoms with Crippen LogP contribution >= 0.6 is 11.3 Å². The van der Waals surface area contributed by atoms with Gasteiger partial charge in [-0.25, -0.2) is 0 Å². The van der Waals surface area contributed by atoms with Gasteiger partial charge in [-0.05, 0) is 18.8 Å². The Kier molecular flexibility index (Phi) is 2.74. The molecule has 1 aromatic rings. The van der Waals surface area contributed by atoms with Crippen LogP contribution in [-0.2, 0) is 6.54 Å². The van der Waals surface area contributed by atoms with Crippen LogP contribution in [0.25, 0.3) is 0 Å². The Labute approximate surface area is 87.6 Å². The standard InChI is InChI=1S/C10H16N2OS/c1-6(2)9-8(14-10(13)12-9)5-11-7-3-4-7/h6-7,11H,3-5H2,1-2H3,(H,12,13). The maximum atomic E-state index is 11.2. The van der Waals surface area contributed by atoms with Crippen molar-refractivity contribution in [1.82, 2.24) is 10.3 Å². The number of H-pyrrole nitrogens is 1. The van der Waals surface area contributed by atoms with Crippen molar-refractivity contribution in [1.29, 1.82) is 0 Å². The molecule has 0 aromatic carbocycles. The fourth-order valence-electron chi connectivity index (χ4n) is 1.49. The summed E-state index contributed by atoms with van der Waals surface area (Å²) < 4.78 is 0. The molecule has 1 heterocycles. The maximum absolute atomic E-state index is 11.2. The Hall–Kier alpha value is -0.610. The van der Waals surface area contributed by atoms with Crippen LogP contribution in [0.5, 0.6) is 0 Å². The van der Waals surface area contributed by atoms with Crippen molar-refractivity contribution in [2.45, 2.75) is 45.2 Å². The predicted octanol–water partition coefficient (Wildman–Crippen LogP) is 1.81. The van der Waals surface area contributed by atoms with E-state index >= 15 is 0 Å². The molecular weight excluding hydrogens is 196 g/mol. The Morgan fingerprint density at radius 1 is 1.57 bits per heavy atom. The fourth-order valence-corrected chi connectivity index (χ4v) is 2.43. The number of aromatic amines is 1. The first-order chi connectivity index (χ1) is 6.66. The van der Waals surface area contributed by atoms with Gasteiger partial charge in [0.25, 0.3) is 0 Å². The molecule has 0 unspecified atom stereocenters. The largest absolute Gasteiger partial charge is 0.316 e. The highest BCUT2D eigenvalue weighted by molar-refractivity contribution is 7.09. The van der Waals surface area contributed by atoms with E-state index in [0.29, 0.717) is 12.0 Å². The summed E-state index contributed by atoms with van der Waals surface area (Å²) in [7, 11) is 0. The minimum absolute atomic E-state index is 0.0706. The summed E-state index contributed by atoms with van der Waals surface area (Å²) in [5.41, 5.74) is 1.10. The predicted molar refractivity (Wildman–Crippen MR) is 58.9 cm³/mol. The zero-order valence-electron chi connectivity index (χ0n) is 8.59. The first-order valence-corrected chi connectivity index (χ1v) is 5.93. The zero-order chi connectivity index (χ0) is 10.1. The molecule has 0 spiro atoms. The normalized spacial score (nSPS) is 16.5. The molecule has 0 bridgehead atoms. The summed E-state index contributed by atoms with van der Waals surface area (Å²) in [6.07, 6.45) is 2.58. The molecule has 3 nitrogen and oxygen atoms in total. The topological polar surface area (TPSA) is 44.9 Å². The number of thiazole rings is 1. The second kappa shape index (κ2) is 3.87. The van der Waals surface area contributed by atoms with E-state index in [1.807, 2.05) is 0 Å². The minimum Gasteiger partial charge on any atom is -0.316 e. The second-order valence-corrected chi connectivity index (χ2v) is 5.23. The summed E-state index contributed by atoms with van der Waals surface area (Å²) in [5, 5.41) is 3.43. The fraction of sp³-hybridized carbons (Fsp3) is 0.700. The van der Waals surface area contributed by atoms with E-state index in [4.69, 9.17) is 0 Å². The van der Waals surface area contributed by atoms with E-state index in [0.717, 1.165) is 12.2 Å². The lowest BCUT2D eigenvalue weighted by atomic mass is 10.1. The molecule has 2 rings (SSSR count). The first kappa shape index (κ1) is 9.93. The molecule has 0 aliphatic heterocycles. The van der Waals surface area contributed by atoms with Gasteiger partial charge in [-0.3, -0.25) is 4.79 Å². The van der Waals surface area contributed by atoms with Crippen molar-refractivity contribution < 1.29 is 0 Å². The summed E-state index contributed by atoms with van der Waals surface area (Å²) in [6.45, 7) is 5.07. The van der Waals surface area contributed by atoms with Crippen LogP contribution in [0.1, 0.15) is 43.2 Å². The molecule has 0 atom stereocenters. The number of hydrogen-bond acceptors (Lipinski definition) is 3. The van der Waals surface area contributed by atoms with Gasteiger partial charge < -0.3 is 10.3 Å². The molecule has 1 fully saturated rings. The van der Waals surface area contributed by atoms with Gasteiger partial charge in [-0.15, -0.1) is 0 Å². The average molecular weight is 212 g/mol. The van der Waals surface area contributed by atoms with Gasteiger partial charge in [-0.1, -0.05) is 25.2 Å². The second-order valence-electron chi connectivity index (χ2n) is 4.16. The number of aromatic nitrogens is 1.